The number of piperidine rings is 1. The maximum atomic E-state index is 6.09. The van der Waals surface area contributed by atoms with Gasteiger partial charge in [0.1, 0.15) is 0 Å². The molecule has 0 saturated carbocycles. The third-order valence-corrected chi connectivity index (χ3v) is 4.22. The molecule has 2 unspecified atom stereocenters. The summed E-state index contributed by atoms with van der Waals surface area (Å²) in [5, 5.41) is 0.779. The summed E-state index contributed by atoms with van der Waals surface area (Å²) < 4.78 is 5.59. The van der Waals surface area contributed by atoms with E-state index in [9.17, 15) is 0 Å². The standard InChI is InChI=1S/C15H23ClN2O/c1-11-6-8-18(10-15(11)19-2)14-4-3-13(16)9-12(14)5-7-17/h3-4,9,11,15H,5-8,10,17H2,1-2H3. The molecule has 1 aliphatic heterocycles. The number of benzene rings is 1. The minimum atomic E-state index is 0.301. The molecule has 1 fully saturated rings. The predicted molar refractivity (Wildman–Crippen MR) is 81.0 cm³/mol. The molecule has 2 rings (SSSR count). The fourth-order valence-corrected chi connectivity index (χ4v) is 2.97. The van der Waals surface area contributed by atoms with Gasteiger partial charge in [0.05, 0.1) is 6.10 Å². The van der Waals surface area contributed by atoms with Gasteiger partial charge in [-0.25, -0.2) is 0 Å². The molecule has 2 atom stereocenters. The van der Waals surface area contributed by atoms with Crippen LogP contribution >= 0.6 is 11.6 Å². The summed E-state index contributed by atoms with van der Waals surface area (Å²) in [7, 11) is 1.80. The molecule has 3 nitrogen and oxygen atoms in total. The van der Waals surface area contributed by atoms with Crippen LogP contribution in [0.2, 0.25) is 5.02 Å². The van der Waals surface area contributed by atoms with Crippen LogP contribution in [0.5, 0.6) is 0 Å². The highest BCUT2D eigenvalue weighted by atomic mass is 35.5. The first-order valence-electron chi connectivity index (χ1n) is 6.92. The monoisotopic (exact) mass is 282 g/mol. The van der Waals surface area contributed by atoms with Gasteiger partial charge in [-0.2, -0.15) is 0 Å². The first-order valence-corrected chi connectivity index (χ1v) is 7.29. The van der Waals surface area contributed by atoms with E-state index in [0.29, 0.717) is 18.6 Å². The van der Waals surface area contributed by atoms with Gasteiger partial charge in [0.2, 0.25) is 0 Å². The van der Waals surface area contributed by atoms with Crippen molar-refractivity contribution in [3.63, 3.8) is 0 Å². The van der Waals surface area contributed by atoms with E-state index in [1.54, 1.807) is 7.11 Å². The number of nitrogens with two attached hydrogens (primary N) is 1. The Balaban J connectivity index is 2.21. The normalized spacial score (nSPS) is 23.7. The largest absolute Gasteiger partial charge is 0.379 e. The van der Waals surface area contributed by atoms with E-state index in [0.717, 1.165) is 31.0 Å². The molecular formula is C15H23ClN2O. The molecule has 0 amide bonds. The van der Waals surface area contributed by atoms with Gasteiger partial charge >= 0.3 is 0 Å². The summed E-state index contributed by atoms with van der Waals surface area (Å²) >= 11 is 6.09. The molecular weight excluding hydrogens is 260 g/mol. The maximum Gasteiger partial charge on any atom is 0.0772 e. The summed E-state index contributed by atoms with van der Waals surface area (Å²) in [6, 6.07) is 6.09. The molecule has 1 aliphatic rings. The van der Waals surface area contributed by atoms with Crippen LogP contribution in [0.4, 0.5) is 5.69 Å². The summed E-state index contributed by atoms with van der Waals surface area (Å²) in [6.07, 6.45) is 2.32. The van der Waals surface area contributed by atoms with E-state index in [1.165, 1.54) is 11.3 Å². The quantitative estimate of drug-likeness (QED) is 0.923. The second-order valence-corrected chi connectivity index (χ2v) is 5.73. The molecule has 1 aromatic rings. The fraction of sp³-hybridized carbons (Fsp3) is 0.600. The van der Waals surface area contributed by atoms with Crippen molar-refractivity contribution < 1.29 is 4.74 Å². The molecule has 0 aromatic heterocycles. The van der Waals surface area contributed by atoms with E-state index < -0.39 is 0 Å². The highest BCUT2D eigenvalue weighted by Crippen LogP contribution is 2.29. The minimum absolute atomic E-state index is 0.301. The Morgan fingerprint density at radius 1 is 1.47 bits per heavy atom. The molecule has 2 N–H and O–H groups in total. The lowest BCUT2D eigenvalue weighted by Crippen LogP contribution is -2.44. The fourth-order valence-electron chi connectivity index (χ4n) is 2.78. The highest BCUT2D eigenvalue weighted by Gasteiger charge is 2.27. The number of halogens is 1. The van der Waals surface area contributed by atoms with Crippen LogP contribution in [0.3, 0.4) is 0 Å². The number of methoxy groups -OCH3 is 1. The summed E-state index contributed by atoms with van der Waals surface area (Å²) in [5.74, 6) is 0.617. The average Bonchev–Trinajstić information content (AvgIpc) is 2.40. The zero-order valence-electron chi connectivity index (χ0n) is 11.7. The first kappa shape index (κ1) is 14.6. The second kappa shape index (κ2) is 6.60. The summed E-state index contributed by atoms with van der Waals surface area (Å²) in [6.45, 7) is 4.91. The lowest BCUT2D eigenvalue weighted by molar-refractivity contribution is 0.0498. The highest BCUT2D eigenvalue weighted by molar-refractivity contribution is 6.30. The van der Waals surface area contributed by atoms with E-state index in [4.69, 9.17) is 22.1 Å². The van der Waals surface area contributed by atoms with Gasteiger partial charge in [0, 0.05) is 30.9 Å². The van der Waals surface area contributed by atoms with Gasteiger partial charge in [-0.05, 0) is 49.1 Å². The number of nitrogens with zero attached hydrogens (tertiary/aromatic N) is 1. The van der Waals surface area contributed by atoms with Gasteiger partial charge in [0.25, 0.3) is 0 Å². The van der Waals surface area contributed by atoms with E-state index >= 15 is 0 Å². The Labute approximate surface area is 120 Å². The summed E-state index contributed by atoms with van der Waals surface area (Å²) in [5.41, 5.74) is 8.19. The van der Waals surface area contributed by atoms with Crippen LogP contribution in [-0.2, 0) is 11.2 Å². The van der Waals surface area contributed by atoms with Gasteiger partial charge in [-0.15, -0.1) is 0 Å². The molecule has 1 saturated heterocycles. The first-order chi connectivity index (χ1) is 9.15. The molecule has 19 heavy (non-hydrogen) atoms. The minimum Gasteiger partial charge on any atom is -0.379 e. The van der Waals surface area contributed by atoms with Crippen LogP contribution in [0.25, 0.3) is 0 Å². The van der Waals surface area contributed by atoms with Gasteiger partial charge in [-0.1, -0.05) is 18.5 Å². The molecule has 0 spiro atoms. The summed E-state index contributed by atoms with van der Waals surface area (Å²) in [4.78, 5) is 2.40. The van der Waals surface area contributed by atoms with Crippen molar-refractivity contribution in [2.24, 2.45) is 11.7 Å². The van der Waals surface area contributed by atoms with Gasteiger partial charge in [0.15, 0.2) is 0 Å². The van der Waals surface area contributed by atoms with Crippen LogP contribution < -0.4 is 10.6 Å². The molecule has 0 aliphatic carbocycles. The third-order valence-electron chi connectivity index (χ3n) is 3.99. The molecule has 0 radical (unpaired) electrons. The molecule has 1 aromatic carbocycles. The van der Waals surface area contributed by atoms with Crippen LogP contribution in [0.15, 0.2) is 18.2 Å². The zero-order valence-corrected chi connectivity index (χ0v) is 12.5. The van der Waals surface area contributed by atoms with Crippen molar-refractivity contribution in [1.82, 2.24) is 0 Å². The average molecular weight is 283 g/mol. The number of hydrogen-bond acceptors (Lipinski definition) is 3. The van der Waals surface area contributed by atoms with Crippen molar-refractivity contribution in [2.75, 3.05) is 31.6 Å². The molecule has 106 valence electrons. The number of ether oxygens (including phenoxy) is 1. The van der Waals surface area contributed by atoms with Crippen molar-refractivity contribution in [3.8, 4) is 0 Å². The number of hydrogen-bond donors (Lipinski definition) is 1. The lowest BCUT2D eigenvalue weighted by Gasteiger charge is -2.38. The van der Waals surface area contributed by atoms with E-state index in [-0.39, 0.29) is 0 Å². The molecule has 1 heterocycles. The number of rotatable bonds is 4. The van der Waals surface area contributed by atoms with E-state index in [2.05, 4.69) is 17.9 Å². The second-order valence-electron chi connectivity index (χ2n) is 5.30. The smallest absolute Gasteiger partial charge is 0.0772 e. The topological polar surface area (TPSA) is 38.5 Å². The predicted octanol–water partition coefficient (Wildman–Crippen LogP) is 2.70. The van der Waals surface area contributed by atoms with Crippen LogP contribution in [-0.4, -0.2) is 32.8 Å². The zero-order chi connectivity index (χ0) is 13.8. The van der Waals surface area contributed by atoms with Crippen LogP contribution in [0.1, 0.15) is 18.9 Å². The SMILES string of the molecule is COC1CN(c2ccc(Cl)cc2CCN)CCC1C. The van der Waals surface area contributed by atoms with E-state index in [1.807, 2.05) is 12.1 Å². The molecule has 4 heteroatoms. The van der Waals surface area contributed by atoms with Crippen LogP contribution in [0, 0.1) is 5.92 Å². The third kappa shape index (κ3) is 3.41. The van der Waals surface area contributed by atoms with Crippen molar-refractivity contribution in [3.05, 3.63) is 28.8 Å². The maximum absolute atomic E-state index is 6.09. The van der Waals surface area contributed by atoms with Crippen molar-refractivity contribution >= 4 is 17.3 Å². The van der Waals surface area contributed by atoms with Crippen molar-refractivity contribution in [1.29, 1.82) is 0 Å². The lowest BCUT2D eigenvalue weighted by atomic mass is 9.94. The van der Waals surface area contributed by atoms with Crippen molar-refractivity contribution in [2.45, 2.75) is 25.9 Å². The Morgan fingerprint density at radius 2 is 2.26 bits per heavy atom. The van der Waals surface area contributed by atoms with Gasteiger partial charge < -0.3 is 15.4 Å². The Hall–Kier alpha value is -0.770. The Kier molecular flexibility index (Phi) is 5.08. The molecule has 0 bridgehead atoms. The Bertz CT molecular complexity index is 425. The number of anilines is 1. The van der Waals surface area contributed by atoms with Gasteiger partial charge in [-0.3, -0.25) is 0 Å². The Morgan fingerprint density at radius 3 is 2.95 bits per heavy atom.